The van der Waals surface area contributed by atoms with Gasteiger partial charge in [-0.05, 0) is 42.1 Å². The van der Waals surface area contributed by atoms with E-state index in [2.05, 4.69) is 5.43 Å². The molecule has 22 heavy (non-hydrogen) atoms. The van der Waals surface area contributed by atoms with Crippen LogP contribution in [0, 0.1) is 6.92 Å². The van der Waals surface area contributed by atoms with E-state index in [4.69, 9.17) is 16.3 Å². The third kappa shape index (κ3) is 4.44. The zero-order valence-corrected chi connectivity index (χ0v) is 13.9. The van der Waals surface area contributed by atoms with Gasteiger partial charge < -0.3 is 4.74 Å². The number of thiophene rings is 1. The maximum Gasteiger partial charge on any atom is 0.272 e. The van der Waals surface area contributed by atoms with E-state index in [1.54, 1.807) is 36.6 Å². The third-order valence-electron chi connectivity index (χ3n) is 2.58. The van der Waals surface area contributed by atoms with Gasteiger partial charge in [0.2, 0.25) is 0 Å². The number of ether oxygens (including phenoxy) is 1. The van der Waals surface area contributed by atoms with Crippen molar-refractivity contribution in [2.75, 3.05) is 6.61 Å². The minimum Gasteiger partial charge on any atom is -0.483 e. The van der Waals surface area contributed by atoms with Crippen molar-refractivity contribution in [3.05, 3.63) is 46.3 Å². The van der Waals surface area contributed by atoms with Gasteiger partial charge in [0.25, 0.3) is 15.9 Å². The molecule has 1 aromatic heterocycles. The van der Waals surface area contributed by atoms with E-state index in [0.717, 1.165) is 16.9 Å². The molecule has 1 heterocycles. The van der Waals surface area contributed by atoms with Crippen LogP contribution in [0.2, 0.25) is 5.02 Å². The maximum absolute atomic E-state index is 11.8. The number of sulfonamides is 1. The number of amides is 1. The molecule has 0 saturated carbocycles. The van der Waals surface area contributed by atoms with E-state index >= 15 is 0 Å². The van der Waals surface area contributed by atoms with Crippen LogP contribution in [-0.2, 0) is 14.8 Å². The number of rotatable bonds is 6. The van der Waals surface area contributed by atoms with Crippen LogP contribution in [0.3, 0.4) is 0 Å². The van der Waals surface area contributed by atoms with Crippen LogP contribution >= 0.6 is 22.9 Å². The standard InChI is InChI=1S/C13H13ClN2O4S2/c1-9-7-10(14)4-5-11(9)20-8-12(17)15-16-22(18,19)13-3-2-6-21-13/h2-7,16H,8H2,1H3,(H,15,17). The molecule has 0 aliphatic rings. The lowest BCUT2D eigenvalue weighted by atomic mass is 10.2. The fourth-order valence-corrected chi connectivity index (χ4v) is 3.62. The molecule has 0 atom stereocenters. The Hall–Kier alpha value is -1.61. The van der Waals surface area contributed by atoms with Crippen LogP contribution in [-0.4, -0.2) is 20.9 Å². The summed E-state index contributed by atoms with van der Waals surface area (Å²) in [6.07, 6.45) is 0. The van der Waals surface area contributed by atoms with Crippen LogP contribution < -0.4 is 15.0 Å². The first kappa shape index (κ1) is 16.8. The third-order valence-corrected chi connectivity index (χ3v) is 5.46. The zero-order valence-electron chi connectivity index (χ0n) is 11.5. The SMILES string of the molecule is Cc1cc(Cl)ccc1OCC(=O)NNS(=O)(=O)c1cccs1. The van der Waals surface area contributed by atoms with E-state index in [1.807, 2.05) is 4.83 Å². The molecule has 2 aromatic rings. The highest BCUT2D eigenvalue weighted by molar-refractivity contribution is 7.91. The molecule has 9 heteroatoms. The number of hydrogen-bond donors (Lipinski definition) is 2. The summed E-state index contributed by atoms with van der Waals surface area (Å²) in [6.45, 7) is 1.47. The fourth-order valence-electron chi connectivity index (χ4n) is 1.54. The number of halogens is 1. The van der Waals surface area contributed by atoms with Gasteiger partial charge in [0.15, 0.2) is 6.61 Å². The number of carbonyl (C=O) groups excluding carboxylic acids is 1. The minimum atomic E-state index is -3.75. The molecular formula is C13H13ClN2O4S2. The van der Waals surface area contributed by atoms with E-state index < -0.39 is 15.9 Å². The van der Waals surface area contributed by atoms with Gasteiger partial charge in [0.1, 0.15) is 9.96 Å². The summed E-state index contributed by atoms with van der Waals surface area (Å²) in [6, 6.07) is 8.02. The highest BCUT2D eigenvalue weighted by Crippen LogP contribution is 2.21. The minimum absolute atomic E-state index is 0.113. The Morgan fingerprint density at radius 3 is 2.77 bits per heavy atom. The lowest BCUT2D eigenvalue weighted by Crippen LogP contribution is -2.43. The Kier molecular flexibility index (Phi) is 5.41. The largest absolute Gasteiger partial charge is 0.483 e. The van der Waals surface area contributed by atoms with E-state index in [0.29, 0.717) is 10.8 Å². The highest BCUT2D eigenvalue weighted by atomic mass is 35.5. The van der Waals surface area contributed by atoms with Crippen LogP contribution in [0.5, 0.6) is 5.75 Å². The number of benzene rings is 1. The normalized spacial score (nSPS) is 11.2. The number of hydrogen-bond acceptors (Lipinski definition) is 5. The highest BCUT2D eigenvalue weighted by Gasteiger charge is 2.16. The number of aryl methyl sites for hydroxylation is 1. The van der Waals surface area contributed by atoms with Gasteiger partial charge in [-0.25, -0.2) is 8.42 Å². The van der Waals surface area contributed by atoms with Gasteiger partial charge in [-0.3, -0.25) is 10.2 Å². The zero-order chi connectivity index (χ0) is 16.2. The fraction of sp³-hybridized carbons (Fsp3) is 0.154. The van der Waals surface area contributed by atoms with Crippen molar-refractivity contribution in [1.29, 1.82) is 0 Å². The predicted octanol–water partition coefficient (Wildman–Crippen LogP) is 2.10. The number of carbonyl (C=O) groups is 1. The molecule has 0 radical (unpaired) electrons. The predicted molar refractivity (Wildman–Crippen MR) is 84.5 cm³/mol. The summed E-state index contributed by atoms with van der Waals surface area (Å²) in [5.74, 6) is -0.116. The lowest BCUT2D eigenvalue weighted by Gasteiger charge is -2.10. The molecule has 0 saturated heterocycles. The topological polar surface area (TPSA) is 84.5 Å². The summed E-state index contributed by atoms with van der Waals surface area (Å²) in [4.78, 5) is 13.6. The van der Waals surface area contributed by atoms with Crippen molar-refractivity contribution in [3.8, 4) is 5.75 Å². The summed E-state index contributed by atoms with van der Waals surface area (Å²) < 4.78 is 29.0. The summed E-state index contributed by atoms with van der Waals surface area (Å²) in [5.41, 5.74) is 2.87. The summed E-state index contributed by atoms with van der Waals surface area (Å²) >= 11 is 6.87. The van der Waals surface area contributed by atoms with Crippen LogP contribution in [0.1, 0.15) is 5.56 Å². The Morgan fingerprint density at radius 2 is 2.14 bits per heavy atom. The first-order chi connectivity index (χ1) is 10.4. The molecule has 1 amide bonds. The lowest BCUT2D eigenvalue weighted by molar-refractivity contribution is -0.123. The molecule has 0 unspecified atom stereocenters. The molecule has 118 valence electrons. The molecule has 0 aliphatic carbocycles. The van der Waals surface area contributed by atoms with Crippen molar-refractivity contribution in [3.63, 3.8) is 0 Å². The Morgan fingerprint density at radius 1 is 1.36 bits per heavy atom. The van der Waals surface area contributed by atoms with Gasteiger partial charge in [-0.1, -0.05) is 17.7 Å². The van der Waals surface area contributed by atoms with Crippen molar-refractivity contribution >= 4 is 38.9 Å². The molecular weight excluding hydrogens is 348 g/mol. The maximum atomic E-state index is 11.8. The average Bonchev–Trinajstić information content (AvgIpc) is 2.99. The second-order valence-corrected chi connectivity index (χ2v) is 7.58. The van der Waals surface area contributed by atoms with E-state index in [1.165, 1.54) is 6.07 Å². The summed E-state index contributed by atoms with van der Waals surface area (Å²) in [7, 11) is -3.75. The quantitative estimate of drug-likeness (QED) is 0.772. The van der Waals surface area contributed by atoms with E-state index in [-0.39, 0.29) is 10.8 Å². The van der Waals surface area contributed by atoms with E-state index in [9.17, 15) is 13.2 Å². The molecule has 2 rings (SSSR count). The van der Waals surface area contributed by atoms with Crippen LogP contribution in [0.4, 0.5) is 0 Å². The Labute approximate surface area is 137 Å². The molecule has 0 fully saturated rings. The molecule has 6 nitrogen and oxygen atoms in total. The summed E-state index contributed by atoms with van der Waals surface area (Å²) in [5, 5.41) is 2.20. The Bertz CT molecular complexity index is 760. The molecule has 0 bridgehead atoms. The van der Waals surface area contributed by atoms with Crippen molar-refractivity contribution < 1.29 is 17.9 Å². The van der Waals surface area contributed by atoms with Gasteiger partial charge in [-0.2, -0.15) is 0 Å². The van der Waals surface area contributed by atoms with Gasteiger partial charge in [0.05, 0.1) is 0 Å². The smallest absolute Gasteiger partial charge is 0.272 e. The average molecular weight is 361 g/mol. The molecule has 0 aliphatic heterocycles. The second kappa shape index (κ2) is 7.10. The van der Waals surface area contributed by atoms with Gasteiger partial charge >= 0.3 is 0 Å². The van der Waals surface area contributed by atoms with Crippen LogP contribution in [0.25, 0.3) is 0 Å². The first-order valence-electron chi connectivity index (χ1n) is 6.11. The monoisotopic (exact) mass is 360 g/mol. The second-order valence-electron chi connectivity index (χ2n) is 4.28. The van der Waals surface area contributed by atoms with Crippen LogP contribution in [0.15, 0.2) is 39.9 Å². The van der Waals surface area contributed by atoms with Gasteiger partial charge in [-0.15, -0.1) is 16.2 Å². The number of nitrogens with one attached hydrogen (secondary N) is 2. The van der Waals surface area contributed by atoms with Gasteiger partial charge in [0, 0.05) is 5.02 Å². The molecule has 1 aromatic carbocycles. The Balaban J connectivity index is 1.86. The molecule has 2 N–H and O–H groups in total. The first-order valence-corrected chi connectivity index (χ1v) is 8.86. The van der Waals surface area contributed by atoms with Crippen molar-refractivity contribution in [1.82, 2.24) is 10.3 Å². The number of hydrazine groups is 1. The van der Waals surface area contributed by atoms with Crippen molar-refractivity contribution in [2.45, 2.75) is 11.1 Å². The molecule has 0 spiro atoms. The van der Waals surface area contributed by atoms with Crippen molar-refractivity contribution in [2.24, 2.45) is 0 Å².